The molecule has 0 saturated carbocycles. The fourth-order valence-electron chi connectivity index (χ4n) is 3.16. The van der Waals surface area contributed by atoms with Crippen LogP contribution < -0.4 is 10.6 Å². The van der Waals surface area contributed by atoms with Gasteiger partial charge in [0.2, 0.25) is 11.7 Å². The van der Waals surface area contributed by atoms with E-state index >= 15 is 0 Å². The molecule has 0 spiro atoms. The lowest BCUT2D eigenvalue weighted by molar-refractivity contribution is -0.125. The van der Waals surface area contributed by atoms with Gasteiger partial charge in [-0.1, -0.05) is 12.1 Å². The van der Waals surface area contributed by atoms with E-state index in [1.807, 2.05) is 4.90 Å². The molecular weight excluding hydrogens is 421 g/mol. The van der Waals surface area contributed by atoms with Gasteiger partial charge in [-0.3, -0.25) is 14.5 Å². The van der Waals surface area contributed by atoms with Gasteiger partial charge in [-0.15, -0.1) is 0 Å². The lowest BCUT2D eigenvalue weighted by Gasteiger charge is -2.29. The average molecular weight is 447 g/mol. The highest BCUT2D eigenvalue weighted by atomic mass is 19.1. The molecule has 2 heterocycles. The zero-order valence-corrected chi connectivity index (χ0v) is 17.9. The van der Waals surface area contributed by atoms with Crippen LogP contribution in [0.1, 0.15) is 35.7 Å². The van der Waals surface area contributed by atoms with Crippen LogP contribution in [0.15, 0.2) is 24.3 Å². The van der Waals surface area contributed by atoms with Crippen molar-refractivity contribution in [2.75, 3.05) is 32.8 Å². The van der Waals surface area contributed by atoms with Crippen LogP contribution in [0.3, 0.4) is 0 Å². The van der Waals surface area contributed by atoms with Crippen LogP contribution in [0.2, 0.25) is 0 Å². The Morgan fingerprint density at radius 2 is 1.81 bits per heavy atom. The summed E-state index contributed by atoms with van der Waals surface area (Å²) in [4.78, 5) is 34.9. The van der Waals surface area contributed by atoms with E-state index in [0.717, 1.165) is 0 Å². The van der Waals surface area contributed by atoms with Crippen molar-refractivity contribution in [2.45, 2.75) is 25.9 Å². The molecule has 172 valence electrons. The highest BCUT2D eigenvalue weighted by Crippen LogP contribution is 2.28. The number of hydrogen-bond donors (Lipinski definition) is 4. The Hall–Kier alpha value is -3.31. The molecule has 2 amide bonds. The summed E-state index contributed by atoms with van der Waals surface area (Å²) in [5, 5.41) is 25.5. The molecule has 32 heavy (non-hydrogen) atoms. The molecular formula is C21H26FN5O5. The van der Waals surface area contributed by atoms with E-state index in [9.17, 15) is 24.2 Å². The zero-order valence-electron chi connectivity index (χ0n) is 17.9. The van der Waals surface area contributed by atoms with E-state index in [0.29, 0.717) is 31.9 Å². The largest absolute Gasteiger partial charge is 0.501 e. The number of halogens is 1. The molecule has 0 unspecified atom stereocenters. The molecule has 10 nitrogen and oxygen atoms in total. The van der Waals surface area contributed by atoms with Gasteiger partial charge in [-0.05, 0) is 31.5 Å². The Morgan fingerprint density at radius 3 is 2.47 bits per heavy atom. The summed E-state index contributed by atoms with van der Waals surface area (Å²) in [6.45, 7) is 5.85. The monoisotopic (exact) mass is 447 g/mol. The second kappa shape index (κ2) is 9.88. The maximum absolute atomic E-state index is 13.0. The van der Waals surface area contributed by atoms with Gasteiger partial charge >= 0.3 is 0 Å². The van der Waals surface area contributed by atoms with Crippen molar-refractivity contribution in [3.8, 4) is 11.6 Å². The molecule has 0 radical (unpaired) electrons. The smallest absolute Gasteiger partial charge is 0.274 e. The van der Waals surface area contributed by atoms with Crippen molar-refractivity contribution < 1.29 is 28.9 Å². The summed E-state index contributed by atoms with van der Waals surface area (Å²) < 4.78 is 18.3. The summed E-state index contributed by atoms with van der Waals surface area (Å²) in [5.41, 5.74) is -0.945. The van der Waals surface area contributed by atoms with Crippen molar-refractivity contribution in [1.29, 1.82) is 0 Å². The van der Waals surface area contributed by atoms with E-state index in [1.54, 1.807) is 13.8 Å². The number of hydrogen-bond acceptors (Lipinski definition) is 8. The third-order valence-electron chi connectivity index (χ3n) is 4.93. The minimum Gasteiger partial charge on any atom is -0.501 e. The summed E-state index contributed by atoms with van der Waals surface area (Å²) in [5.74, 6) is -3.05. The van der Waals surface area contributed by atoms with Gasteiger partial charge in [0.15, 0.2) is 11.5 Å². The Kier molecular flexibility index (Phi) is 7.21. The molecule has 11 heteroatoms. The molecule has 1 saturated heterocycles. The summed E-state index contributed by atoms with van der Waals surface area (Å²) in [7, 11) is 0. The van der Waals surface area contributed by atoms with E-state index in [4.69, 9.17) is 4.74 Å². The predicted octanol–water partition coefficient (Wildman–Crippen LogP) is 0.640. The second-order valence-electron chi connectivity index (χ2n) is 7.94. The van der Waals surface area contributed by atoms with Gasteiger partial charge in [0, 0.05) is 19.6 Å². The first-order chi connectivity index (χ1) is 15.2. The lowest BCUT2D eigenvalue weighted by Crippen LogP contribution is -2.49. The van der Waals surface area contributed by atoms with Crippen molar-refractivity contribution in [3.63, 3.8) is 0 Å². The number of nitrogens with zero attached hydrogens (tertiary/aromatic N) is 3. The van der Waals surface area contributed by atoms with E-state index in [-0.39, 0.29) is 24.8 Å². The Bertz CT molecular complexity index is 977. The predicted molar refractivity (Wildman–Crippen MR) is 111 cm³/mol. The van der Waals surface area contributed by atoms with Crippen LogP contribution in [0.25, 0.3) is 0 Å². The summed E-state index contributed by atoms with van der Waals surface area (Å²) >= 11 is 0. The SMILES string of the molecule is CC(C)(NC(=O)CN1CCOCC1)c1nc(O)c(O)c(C(=O)NCc2ccc(F)cc2)n1. The Balaban J connectivity index is 1.71. The van der Waals surface area contributed by atoms with E-state index in [2.05, 4.69) is 20.6 Å². The molecule has 1 fully saturated rings. The van der Waals surface area contributed by atoms with Crippen LogP contribution in [0.5, 0.6) is 11.6 Å². The minimum atomic E-state index is -1.14. The quantitative estimate of drug-likeness (QED) is 0.485. The molecule has 0 aliphatic carbocycles. The maximum atomic E-state index is 13.0. The Morgan fingerprint density at radius 1 is 1.16 bits per heavy atom. The first-order valence-corrected chi connectivity index (χ1v) is 10.1. The number of morpholine rings is 1. The first kappa shape index (κ1) is 23.4. The number of rotatable bonds is 7. The molecule has 0 bridgehead atoms. The second-order valence-corrected chi connectivity index (χ2v) is 7.94. The summed E-state index contributed by atoms with van der Waals surface area (Å²) in [6.07, 6.45) is 0. The van der Waals surface area contributed by atoms with Crippen LogP contribution in [0.4, 0.5) is 4.39 Å². The summed E-state index contributed by atoms with van der Waals surface area (Å²) in [6, 6.07) is 5.53. The van der Waals surface area contributed by atoms with Gasteiger partial charge in [0.25, 0.3) is 11.8 Å². The van der Waals surface area contributed by atoms with Crippen LogP contribution in [0, 0.1) is 5.82 Å². The molecule has 1 aromatic carbocycles. The third kappa shape index (κ3) is 5.89. The van der Waals surface area contributed by atoms with Gasteiger partial charge in [-0.2, -0.15) is 4.98 Å². The van der Waals surface area contributed by atoms with Gasteiger partial charge < -0.3 is 25.6 Å². The highest BCUT2D eigenvalue weighted by Gasteiger charge is 2.31. The van der Waals surface area contributed by atoms with Crippen LogP contribution >= 0.6 is 0 Å². The van der Waals surface area contributed by atoms with E-state index < -0.39 is 34.6 Å². The average Bonchev–Trinajstić information content (AvgIpc) is 2.75. The molecule has 4 N–H and O–H groups in total. The molecule has 1 aromatic heterocycles. The third-order valence-corrected chi connectivity index (χ3v) is 4.93. The van der Waals surface area contributed by atoms with Gasteiger partial charge in [0.05, 0.1) is 25.3 Å². The number of benzene rings is 1. The Labute approximate surface area is 184 Å². The molecule has 3 rings (SSSR count). The first-order valence-electron chi connectivity index (χ1n) is 10.1. The number of amides is 2. The number of aromatic hydroxyl groups is 2. The van der Waals surface area contributed by atoms with Crippen molar-refractivity contribution >= 4 is 11.8 Å². The van der Waals surface area contributed by atoms with Gasteiger partial charge in [0.1, 0.15) is 5.82 Å². The normalized spacial score (nSPS) is 14.7. The van der Waals surface area contributed by atoms with Crippen molar-refractivity contribution in [1.82, 2.24) is 25.5 Å². The molecule has 0 atom stereocenters. The van der Waals surface area contributed by atoms with Crippen LogP contribution in [-0.4, -0.2) is 69.7 Å². The number of carbonyl (C=O) groups is 2. The van der Waals surface area contributed by atoms with Crippen LogP contribution in [-0.2, 0) is 21.6 Å². The molecule has 2 aromatic rings. The lowest BCUT2D eigenvalue weighted by atomic mass is 10.0. The fourth-order valence-corrected chi connectivity index (χ4v) is 3.16. The zero-order chi connectivity index (χ0) is 23.3. The van der Waals surface area contributed by atoms with Crippen molar-refractivity contribution in [2.24, 2.45) is 0 Å². The maximum Gasteiger partial charge on any atom is 0.274 e. The number of ether oxygens (including phenoxy) is 1. The number of carbonyl (C=O) groups excluding carboxylic acids is 2. The van der Waals surface area contributed by atoms with E-state index in [1.165, 1.54) is 24.3 Å². The fraction of sp³-hybridized carbons (Fsp3) is 0.429. The standard InChI is InChI=1S/C21H26FN5O5/c1-21(2,26-15(28)12-27-7-9-32-10-8-27)20-24-16(17(29)19(31)25-20)18(30)23-11-13-3-5-14(22)6-4-13/h3-6,29H,7-12H2,1-2H3,(H,23,30)(H,26,28)(H,24,25,31). The molecule has 1 aliphatic rings. The minimum absolute atomic E-state index is 0.0462. The highest BCUT2D eigenvalue weighted by molar-refractivity contribution is 5.95. The topological polar surface area (TPSA) is 137 Å². The number of nitrogens with one attached hydrogen (secondary N) is 2. The number of aromatic nitrogens is 2. The molecule has 1 aliphatic heterocycles. The van der Waals surface area contributed by atoms with Crippen molar-refractivity contribution in [3.05, 3.63) is 47.2 Å². The van der Waals surface area contributed by atoms with Gasteiger partial charge in [-0.25, -0.2) is 9.37 Å².